The average Bonchev–Trinajstić information content (AvgIpc) is 2.75. The number of carbonyl (C=O) groups is 4. The first-order chi connectivity index (χ1) is 15.5. The molecule has 1 saturated heterocycles. The van der Waals surface area contributed by atoms with Crippen LogP contribution in [-0.2, 0) is 19.1 Å². The number of nitrogens with zero attached hydrogens (tertiary/aromatic N) is 1. The van der Waals surface area contributed by atoms with Gasteiger partial charge in [-0.2, -0.15) is 0 Å². The van der Waals surface area contributed by atoms with Gasteiger partial charge in [0.05, 0.1) is 18.4 Å². The third-order valence-electron chi connectivity index (χ3n) is 5.20. The van der Waals surface area contributed by atoms with Gasteiger partial charge in [0.2, 0.25) is 17.7 Å². The Hall–Kier alpha value is -3.10. The quantitative estimate of drug-likeness (QED) is 0.514. The van der Waals surface area contributed by atoms with Gasteiger partial charge in [-0.1, -0.05) is 30.3 Å². The predicted molar refractivity (Wildman–Crippen MR) is 124 cm³/mol. The second kappa shape index (κ2) is 12.2. The van der Waals surface area contributed by atoms with Crippen molar-refractivity contribution in [2.45, 2.75) is 58.6 Å². The molecule has 9 nitrogen and oxygen atoms in total. The number of benzene rings is 1. The van der Waals surface area contributed by atoms with E-state index in [2.05, 4.69) is 16.0 Å². The van der Waals surface area contributed by atoms with E-state index in [1.165, 1.54) is 6.92 Å². The van der Waals surface area contributed by atoms with E-state index in [4.69, 9.17) is 4.74 Å². The third-order valence-corrected chi connectivity index (χ3v) is 5.20. The molecule has 1 aliphatic rings. The third kappa shape index (κ3) is 9.51. The zero-order valence-corrected chi connectivity index (χ0v) is 20.0. The van der Waals surface area contributed by atoms with Crippen LogP contribution in [0.3, 0.4) is 0 Å². The maximum Gasteiger partial charge on any atom is 0.407 e. The summed E-state index contributed by atoms with van der Waals surface area (Å²) >= 11 is 0. The number of amides is 4. The number of hydrogen-bond acceptors (Lipinski definition) is 5. The summed E-state index contributed by atoms with van der Waals surface area (Å²) < 4.78 is 5.16. The Balaban J connectivity index is 1.83. The predicted octanol–water partition coefficient (Wildman–Crippen LogP) is 2.13. The van der Waals surface area contributed by atoms with Crippen LogP contribution in [0.5, 0.6) is 0 Å². The standard InChI is InChI=1S/C24H36N4O5/c1-17(29)27-20(18-9-6-5-7-10-18)15-21(30)28-14-8-11-19(16-28)22(31)25-12-13-26-23(32)33-24(2,3)4/h5-7,9-10,19-20H,8,11-16H2,1-4H3,(H,25,31)(H,26,32)(H,27,29). The maximum absolute atomic E-state index is 13.0. The average molecular weight is 461 g/mol. The number of nitrogens with one attached hydrogen (secondary N) is 3. The second-order valence-corrected chi connectivity index (χ2v) is 9.27. The van der Waals surface area contributed by atoms with Crippen molar-refractivity contribution in [2.75, 3.05) is 26.2 Å². The van der Waals surface area contributed by atoms with E-state index in [-0.39, 0.29) is 43.1 Å². The molecule has 2 atom stereocenters. The smallest absolute Gasteiger partial charge is 0.407 e. The summed E-state index contributed by atoms with van der Waals surface area (Å²) in [5.41, 5.74) is 0.287. The van der Waals surface area contributed by atoms with Crippen LogP contribution in [0.25, 0.3) is 0 Å². The van der Waals surface area contributed by atoms with Gasteiger partial charge in [-0.25, -0.2) is 4.79 Å². The van der Waals surface area contributed by atoms with Gasteiger partial charge in [-0.15, -0.1) is 0 Å². The minimum absolute atomic E-state index is 0.0957. The summed E-state index contributed by atoms with van der Waals surface area (Å²) in [5.74, 6) is -0.741. The van der Waals surface area contributed by atoms with E-state index in [1.54, 1.807) is 25.7 Å². The lowest BCUT2D eigenvalue weighted by Gasteiger charge is -2.33. The maximum atomic E-state index is 13.0. The van der Waals surface area contributed by atoms with Crippen LogP contribution >= 0.6 is 0 Å². The molecule has 2 unspecified atom stereocenters. The number of hydrogen-bond donors (Lipinski definition) is 3. The molecule has 4 amide bonds. The van der Waals surface area contributed by atoms with Crippen LogP contribution in [-0.4, -0.2) is 60.5 Å². The molecule has 0 aliphatic carbocycles. The van der Waals surface area contributed by atoms with Gasteiger partial charge in [-0.05, 0) is 39.2 Å². The summed E-state index contributed by atoms with van der Waals surface area (Å²) in [4.78, 5) is 50.5. The van der Waals surface area contributed by atoms with Crippen molar-refractivity contribution < 1.29 is 23.9 Å². The van der Waals surface area contributed by atoms with Crippen molar-refractivity contribution in [3.05, 3.63) is 35.9 Å². The van der Waals surface area contributed by atoms with E-state index in [1.807, 2.05) is 30.3 Å². The van der Waals surface area contributed by atoms with Crippen LogP contribution in [0.15, 0.2) is 30.3 Å². The van der Waals surface area contributed by atoms with Gasteiger partial charge in [0.15, 0.2) is 0 Å². The van der Waals surface area contributed by atoms with Gasteiger partial charge in [0.25, 0.3) is 0 Å². The number of likely N-dealkylation sites (tertiary alicyclic amines) is 1. The molecular weight excluding hydrogens is 424 g/mol. The molecular formula is C24H36N4O5. The number of ether oxygens (including phenoxy) is 1. The zero-order chi connectivity index (χ0) is 24.4. The molecule has 0 saturated carbocycles. The Morgan fingerprint density at radius 1 is 1.09 bits per heavy atom. The van der Waals surface area contributed by atoms with Crippen molar-refractivity contribution in [2.24, 2.45) is 5.92 Å². The molecule has 1 aromatic rings. The van der Waals surface area contributed by atoms with E-state index in [9.17, 15) is 19.2 Å². The highest BCUT2D eigenvalue weighted by Gasteiger charge is 2.29. The van der Waals surface area contributed by atoms with Gasteiger partial charge in [0.1, 0.15) is 5.60 Å². The Morgan fingerprint density at radius 3 is 2.39 bits per heavy atom. The minimum Gasteiger partial charge on any atom is -0.444 e. The molecule has 182 valence electrons. The molecule has 1 heterocycles. The molecule has 0 bridgehead atoms. The summed E-state index contributed by atoms with van der Waals surface area (Å²) in [6.07, 6.45) is 1.04. The van der Waals surface area contributed by atoms with Gasteiger partial charge >= 0.3 is 6.09 Å². The van der Waals surface area contributed by atoms with Crippen LogP contribution in [0, 0.1) is 5.92 Å². The van der Waals surface area contributed by atoms with Crippen molar-refractivity contribution in [3.63, 3.8) is 0 Å². The summed E-state index contributed by atoms with van der Waals surface area (Å²) in [7, 11) is 0. The highest BCUT2D eigenvalue weighted by Crippen LogP contribution is 2.22. The van der Waals surface area contributed by atoms with Gasteiger partial charge in [0, 0.05) is 33.1 Å². The van der Waals surface area contributed by atoms with Crippen LogP contribution < -0.4 is 16.0 Å². The Kier molecular flexibility index (Phi) is 9.69. The number of rotatable bonds is 8. The second-order valence-electron chi connectivity index (χ2n) is 9.27. The topological polar surface area (TPSA) is 117 Å². The molecule has 3 N–H and O–H groups in total. The fourth-order valence-electron chi connectivity index (χ4n) is 3.71. The fourth-order valence-corrected chi connectivity index (χ4v) is 3.71. The lowest BCUT2D eigenvalue weighted by Crippen LogP contribution is -2.47. The first-order valence-corrected chi connectivity index (χ1v) is 11.4. The van der Waals surface area contributed by atoms with Gasteiger partial charge < -0.3 is 25.6 Å². The summed E-state index contributed by atoms with van der Waals surface area (Å²) in [6, 6.07) is 8.97. The number of piperidine rings is 1. The molecule has 33 heavy (non-hydrogen) atoms. The Morgan fingerprint density at radius 2 is 1.76 bits per heavy atom. The van der Waals surface area contributed by atoms with Crippen LogP contribution in [0.1, 0.15) is 58.6 Å². The first kappa shape index (κ1) is 26.2. The van der Waals surface area contributed by atoms with E-state index in [0.29, 0.717) is 19.5 Å². The lowest BCUT2D eigenvalue weighted by atomic mass is 9.96. The lowest BCUT2D eigenvalue weighted by molar-refractivity contribution is -0.136. The molecule has 0 aromatic heterocycles. The fraction of sp³-hybridized carbons (Fsp3) is 0.583. The van der Waals surface area contributed by atoms with E-state index in [0.717, 1.165) is 12.0 Å². The normalized spacial score (nSPS) is 17.0. The SMILES string of the molecule is CC(=O)NC(CC(=O)N1CCCC(C(=O)NCCNC(=O)OC(C)(C)C)C1)c1ccccc1. The van der Waals surface area contributed by atoms with E-state index < -0.39 is 17.7 Å². The first-order valence-electron chi connectivity index (χ1n) is 11.4. The van der Waals surface area contributed by atoms with Crippen molar-refractivity contribution in [3.8, 4) is 0 Å². The van der Waals surface area contributed by atoms with Crippen molar-refractivity contribution >= 4 is 23.8 Å². The monoisotopic (exact) mass is 460 g/mol. The summed E-state index contributed by atoms with van der Waals surface area (Å²) in [5, 5.41) is 8.27. The highest BCUT2D eigenvalue weighted by atomic mass is 16.6. The largest absolute Gasteiger partial charge is 0.444 e. The van der Waals surface area contributed by atoms with Gasteiger partial charge in [-0.3, -0.25) is 14.4 Å². The van der Waals surface area contributed by atoms with Crippen LogP contribution in [0.4, 0.5) is 4.79 Å². The Bertz CT molecular complexity index is 822. The molecule has 0 radical (unpaired) electrons. The molecule has 9 heteroatoms. The number of carbonyl (C=O) groups excluding carboxylic acids is 4. The zero-order valence-electron chi connectivity index (χ0n) is 20.0. The molecule has 1 aromatic carbocycles. The minimum atomic E-state index is -0.578. The van der Waals surface area contributed by atoms with E-state index >= 15 is 0 Å². The van der Waals surface area contributed by atoms with Crippen molar-refractivity contribution in [1.29, 1.82) is 0 Å². The van der Waals surface area contributed by atoms with Crippen molar-refractivity contribution in [1.82, 2.24) is 20.9 Å². The van der Waals surface area contributed by atoms with Crippen LogP contribution in [0.2, 0.25) is 0 Å². The molecule has 1 fully saturated rings. The highest BCUT2D eigenvalue weighted by molar-refractivity contribution is 5.82. The Labute approximate surface area is 195 Å². The summed E-state index contributed by atoms with van der Waals surface area (Å²) in [6.45, 7) is 8.23. The number of alkyl carbamates (subject to hydrolysis) is 1. The molecule has 1 aliphatic heterocycles. The molecule has 2 rings (SSSR count). The molecule has 0 spiro atoms.